The molecule has 0 saturated carbocycles. The first-order chi connectivity index (χ1) is 11.9. The number of nitrogens with two attached hydrogens (primary N) is 1. The molecule has 5 nitrogen and oxygen atoms in total. The number of carbonyl (C=O) groups is 1. The van der Waals surface area contributed by atoms with Gasteiger partial charge in [0.2, 0.25) is 0 Å². The Morgan fingerprint density at radius 3 is 2.56 bits per heavy atom. The Kier molecular flexibility index (Phi) is 4.35. The molecule has 0 atom stereocenters. The lowest BCUT2D eigenvalue weighted by Crippen LogP contribution is -2.25. The molecule has 2 aromatic heterocycles. The lowest BCUT2D eigenvalue weighted by molar-refractivity contribution is 0.0950. The minimum absolute atomic E-state index is 0.00384. The van der Waals surface area contributed by atoms with Gasteiger partial charge < -0.3 is 11.1 Å². The van der Waals surface area contributed by atoms with E-state index in [2.05, 4.69) is 10.3 Å². The summed E-state index contributed by atoms with van der Waals surface area (Å²) >= 11 is 0. The van der Waals surface area contributed by atoms with E-state index < -0.39 is 23.4 Å². The summed E-state index contributed by atoms with van der Waals surface area (Å²) in [4.78, 5) is 16.3. The van der Waals surface area contributed by atoms with Crippen molar-refractivity contribution in [2.45, 2.75) is 13.3 Å². The summed E-state index contributed by atoms with van der Waals surface area (Å²) in [6.07, 6.45) is 2.03. The number of amides is 1. The maximum Gasteiger partial charge on any atom is 0.273 e. The minimum Gasteiger partial charge on any atom is -0.383 e. The van der Waals surface area contributed by atoms with Gasteiger partial charge in [0.25, 0.3) is 5.91 Å². The molecule has 2 heterocycles. The third kappa shape index (κ3) is 3.02. The van der Waals surface area contributed by atoms with Crippen LogP contribution in [0.2, 0.25) is 0 Å². The van der Waals surface area contributed by atoms with Gasteiger partial charge in [-0.1, -0.05) is 6.92 Å². The van der Waals surface area contributed by atoms with E-state index in [1.807, 2.05) is 6.92 Å². The highest BCUT2D eigenvalue weighted by Crippen LogP contribution is 2.30. The van der Waals surface area contributed by atoms with Crippen molar-refractivity contribution in [3.63, 3.8) is 0 Å². The number of nitrogens with zero attached hydrogens (tertiary/aromatic N) is 2. The molecule has 0 aliphatic carbocycles. The molecule has 1 aromatic carbocycles. The number of hydrogen-bond acceptors (Lipinski definition) is 3. The van der Waals surface area contributed by atoms with Crippen LogP contribution in [0, 0.1) is 17.5 Å². The summed E-state index contributed by atoms with van der Waals surface area (Å²) in [5.41, 5.74) is 5.70. The SMILES string of the molecule is CCCNC(=O)c1nc2c(-c3cc(F)cc(F)c3)c(F)ccn2c1N. The van der Waals surface area contributed by atoms with Crippen LogP contribution in [-0.4, -0.2) is 21.8 Å². The molecule has 0 radical (unpaired) electrons. The second-order valence-corrected chi connectivity index (χ2v) is 5.49. The number of aromatic nitrogens is 2. The summed E-state index contributed by atoms with van der Waals surface area (Å²) in [5, 5.41) is 2.63. The first-order valence-corrected chi connectivity index (χ1v) is 7.63. The van der Waals surface area contributed by atoms with Gasteiger partial charge in [-0.2, -0.15) is 0 Å². The van der Waals surface area contributed by atoms with Crippen LogP contribution in [0.25, 0.3) is 16.8 Å². The second-order valence-electron chi connectivity index (χ2n) is 5.49. The van der Waals surface area contributed by atoms with E-state index in [0.29, 0.717) is 12.6 Å². The quantitative estimate of drug-likeness (QED) is 0.761. The van der Waals surface area contributed by atoms with Crippen molar-refractivity contribution in [3.05, 3.63) is 53.6 Å². The van der Waals surface area contributed by atoms with Crippen molar-refractivity contribution >= 4 is 17.4 Å². The van der Waals surface area contributed by atoms with Gasteiger partial charge in [-0.05, 0) is 30.2 Å². The molecule has 3 rings (SSSR count). The number of carbonyl (C=O) groups excluding carboxylic acids is 1. The van der Waals surface area contributed by atoms with Crippen molar-refractivity contribution in [2.24, 2.45) is 0 Å². The third-order valence-corrected chi connectivity index (χ3v) is 3.68. The van der Waals surface area contributed by atoms with Gasteiger partial charge in [0.05, 0.1) is 5.56 Å². The summed E-state index contributed by atoms with van der Waals surface area (Å²) in [7, 11) is 0. The van der Waals surface area contributed by atoms with Gasteiger partial charge in [-0.25, -0.2) is 18.2 Å². The molecule has 3 aromatic rings. The Hall–Kier alpha value is -3.03. The van der Waals surface area contributed by atoms with Crippen molar-refractivity contribution in [1.29, 1.82) is 0 Å². The highest BCUT2D eigenvalue weighted by Gasteiger charge is 2.21. The molecule has 3 N–H and O–H groups in total. The Balaban J connectivity index is 2.22. The summed E-state index contributed by atoms with van der Waals surface area (Å²) < 4.78 is 42.7. The summed E-state index contributed by atoms with van der Waals surface area (Å²) in [6.45, 7) is 2.32. The molecule has 0 unspecified atom stereocenters. The fraction of sp³-hybridized carbons (Fsp3) is 0.176. The normalized spacial score (nSPS) is 11.0. The number of pyridine rings is 1. The molecule has 130 valence electrons. The number of rotatable bonds is 4. The number of nitrogens with one attached hydrogen (secondary N) is 1. The number of halogens is 3. The Bertz CT molecular complexity index is 948. The lowest BCUT2D eigenvalue weighted by atomic mass is 10.1. The molecule has 1 amide bonds. The van der Waals surface area contributed by atoms with Gasteiger partial charge in [0.1, 0.15) is 28.9 Å². The molecule has 0 saturated heterocycles. The molecule has 0 aliphatic heterocycles. The molecule has 0 spiro atoms. The second kappa shape index (κ2) is 6.46. The highest BCUT2D eigenvalue weighted by atomic mass is 19.1. The lowest BCUT2D eigenvalue weighted by Gasteiger charge is -2.07. The van der Waals surface area contributed by atoms with E-state index >= 15 is 0 Å². The molecule has 8 heteroatoms. The number of hydrogen-bond donors (Lipinski definition) is 2. The minimum atomic E-state index is -0.850. The Morgan fingerprint density at radius 1 is 1.24 bits per heavy atom. The van der Waals surface area contributed by atoms with E-state index in [0.717, 1.165) is 24.6 Å². The van der Waals surface area contributed by atoms with E-state index in [-0.39, 0.29) is 28.3 Å². The van der Waals surface area contributed by atoms with Crippen LogP contribution < -0.4 is 11.1 Å². The molecule has 0 bridgehead atoms. The molecular weight excluding hydrogens is 333 g/mol. The van der Waals surface area contributed by atoms with Gasteiger partial charge in [-0.3, -0.25) is 9.20 Å². The topological polar surface area (TPSA) is 72.4 Å². The van der Waals surface area contributed by atoms with Crippen LogP contribution in [0.3, 0.4) is 0 Å². The number of nitrogen functional groups attached to an aromatic ring is 1. The average Bonchev–Trinajstić information content (AvgIpc) is 2.88. The zero-order valence-corrected chi connectivity index (χ0v) is 13.3. The number of fused-ring (bicyclic) bond motifs is 1. The maximum absolute atomic E-state index is 14.4. The monoisotopic (exact) mass is 348 g/mol. The zero-order valence-electron chi connectivity index (χ0n) is 13.3. The summed E-state index contributed by atoms with van der Waals surface area (Å²) in [6, 6.07) is 3.76. The van der Waals surface area contributed by atoms with Crippen LogP contribution in [-0.2, 0) is 0 Å². The van der Waals surface area contributed by atoms with Crippen LogP contribution in [0.4, 0.5) is 19.0 Å². The maximum atomic E-state index is 14.4. The van der Waals surface area contributed by atoms with Gasteiger partial charge in [0.15, 0.2) is 5.69 Å². The number of anilines is 1. The largest absolute Gasteiger partial charge is 0.383 e. The Labute approximate surface area is 141 Å². The molecule has 0 fully saturated rings. The van der Waals surface area contributed by atoms with Crippen molar-refractivity contribution < 1.29 is 18.0 Å². The van der Waals surface area contributed by atoms with Crippen molar-refractivity contribution in [2.75, 3.05) is 12.3 Å². The van der Waals surface area contributed by atoms with E-state index in [4.69, 9.17) is 5.73 Å². The first-order valence-electron chi connectivity index (χ1n) is 7.63. The third-order valence-electron chi connectivity index (χ3n) is 3.68. The molecular formula is C17H15F3N4O. The van der Waals surface area contributed by atoms with Gasteiger partial charge >= 0.3 is 0 Å². The predicted octanol–water partition coefficient (Wildman–Crippen LogP) is 3.14. The van der Waals surface area contributed by atoms with Crippen molar-refractivity contribution in [3.8, 4) is 11.1 Å². The van der Waals surface area contributed by atoms with E-state index in [9.17, 15) is 18.0 Å². The average molecular weight is 348 g/mol. The van der Waals surface area contributed by atoms with E-state index in [1.165, 1.54) is 10.6 Å². The van der Waals surface area contributed by atoms with Gasteiger partial charge in [0, 0.05) is 18.8 Å². The van der Waals surface area contributed by atoms with Crippen LogP contribution >= 0.6 is 0 Å². The zero-order chi connectivity index (χ0) is 18.1. The van der Waals surface area contributed by atoms with Crippen LogP contribution in [0.5, 0.6) is 0 Å². The standard InChI is InChI=1S/C17H15F3N4O/c1-2-4-22-17(25)14-15(21)24-5-3-12(20)13(16(24)23-14)9-6-10(18)8-11(19)7-9/h3,5-8H,2,4,21H2,1H3,(H,22,25). The molecule has 25 heavy (non-hydrogen) atoms. The fourth-order valence-electron chi connectivity index (χ4n) is 2.56. The van der Waals surface area contributed by atoms with Crippen LogP contribution in [0.15, 0.2) is 30.5 Å². The first kappa shape index (κ1) is 16.8. The Morgan fingerprint density at radius 2 is 1.92 bits per heavy atom. The fourth-order valence-corrected chi connectivity index (χ4v) is 2.56. The van der Waals surface area contributed by atoms with Gasteiger partial charge in [-0.15, -0.1) is 0 Å². The molecule has 0 aliphatic rings. The summed E-state index contributed by atoms with van der Waals surface area (Å²) in [5.74, 6) is -2.92. The van der Waals surface area contributed by atoms with Crippen molar-refractivity contribution in [1.82, 2.24) is 14.7 Å². The highest BCUT2D eigenvalue weighted by molar-refractivity contribution is 5.98. The number of imidazole rings is 1. The predicted molar refractivity (Wildman–Crippen MR) is 87.5 cm³/mol. The smallest absolute Gasteiger partial charge is 0.273 e. The van der Waals surface area contributed by atoms with Crippen LogP contribution in [0.1, 0.15) is 23.8 Å². The number of benzene rings is 1. The van der Waals surface area contributed by atoms with E-state index in [1.54, 1.807) is 0 Å².